The Balaban J connectivity index is 1.40. The molecule has 28 heavy (non-hydrogen) atoms. The Morgan fingerprint density at radius 1 is 1.00 bits per heavy atom. The quantitative estimate of drug-likeness (QED) is 0.810. The van der Waals surface area contributed by atoms with Crippen LogP contribution in [0.5, 0.6) is 0 Å². The fraction of sp³-hybridized carbons (Fsp3) is 0.750. The molecule has 156 valence electrons. The number of likely N-dealkylation sites (tertiary alicyclic amines) is 1. The summed E-state index contributed by atoms with van der Waals surface area (Å²) < 4.78 is 13.3. The molecule has 1 unspecified atom stereocenters. The van der Waals surface area contributed by atoms with Crippen molar-refractivity contribution in [2.45, 2.75) is 77.0 Å². The number of hydrogen-bond acceptors (Lipinski definition) is 3. The molecule has 3 aliphatic heterocycles. The van der Waals surface area contributed by atoms with Crippen LogP contribution >= 0.6 is 0 Å². The number of hydrogen-bond donors (Lipinski definition) is 1. The Kier molecular flexibility index (Phi) is 5.58. The Labute approximate surface area is 169 Å². The molecule has 0 saturated carbocycles. The van der Waals surface area contributed by atoms with E-state index in [0.717, 1.165) is 37.4 Å². The summed E-state index contributed by atoms with van der Waals surface area (Å²) in [5.74, 6) is 0.642. The lowest BCUT2D eigenvalue weighted by atomic mass is 9.79. The van der Waals surface area contributed by atoms with Crippen molar-refractivity contribution in [1.29, 1.82) is 0 Å². The summed E-state index contributed by atoms with van der Waals surface area (Å²) in [5.41, 5.74) is 0.336. The SMILES string of the molecule is CC1CCN(CC(C)(C)CN2[C@@H]3CC[C@H]2CC(O)(c2ccc(F)cc2)C3)CC1. The number of piperidine rings is 2. The first-order chi connectivity index (χ1) is 13.2. The highest BCUT2D eigenvalue weighted by molar-refractivity contribution is 5.25. The average molecular weight is 389 g/mol. The Bertz CT molecular complexity index is 652. The molecule has 3 atom stereocenters. The van der Waals surface area contributed by atoms with Crippen LogP contribution in [0.2, 0.25) is 0 Å². The van der Waals surface area contributed by atoms with Gasteiger partial charge in [-0.3, -0.25) is 4.90 Å². The molecule has 3 nitrogen and oxygen atoms in total. The van der Waals surface area contributed by atoms with Gasteiger partial charge in [-0.1, -0.05) is 32.9 Å². The summed E-state index contributed by atoms with van der Waals surface area (Å²) in [6, 6.07) is 7.37. The van der Waals surface area contributed by atoms with E-state index in [9.17, 15) is 9.50 Å². The van der Waals surface area contributed by atoms with E-state index in [2.05, 4.69) is 30.6 Å². The second kappa shape index (κ2) is 7.70. The number of aliphatic hydroxyl groups is 1. The maximum atomic E-state index is 13.3. The number of benzene rings is 1. The summed E-state index contributed by atoms with van der Waals surface area (Å²) in [4.78, 5) is 5.34. The van der Waals surface area contributed by atoms with Crippen molar-refractivity contribution >= 4 is 0 Å². The average Bonchev–Trinajstić information content (AvgIpc) is 2.87. The minimum Gasteiger partial charge on any atom is -0.385 e. The predicted octanol–water partition coefficient (Wildman–Crippen LogP) is 4.40. The highest BCUT2D eigenvalue weighted by Gasteiger charge is 2.49. The van der Waals surface area contributed by atoms with Crippen LogP contribution in [0.25, 0.3) is 0 Å². The van der Waals surface area contributed by atoms with E-state index in [0.29, 0.717) is 12.1 Å². The molecule has 1 aromatic carbocycles. The van der Waals surface area contributed by atoms with Crippen LogP contribution in [-0.4, -0.2) is 53.2 Å². The Hall–Kier alpha value is -0.970. The van der Waals surface area contributed by atoms with Crippen LogP contribution in [0.3, 0.4) is 0 Å². The topological polar surface area (TPSA) is 26.7 Å². The molecule has 3 aliphatic rings. The van der Waals surface area contributed by atoms with Crippen LogP contribution in [0.4, 0.5) is 4.39 Å². The smallest absolute Gasteiger partial charge is 0.123 e. The third-order valence-electron chi connectivity index (χ3n) is 7.44. The number of nitrogens with zero attached hydrogens (tertiary/aromatic N) is 2. The highest BCUT2D eigenvalue weighted by atomic mass is 19.1. The zero-order valence-electron chi connectivity index (χ0n) is 17.8. The maximum absolute atomic E-state index is 13.3. The molecule has 2 bridgehead atoms. The van der Waals surface area contributed by atoms with Gasteiger partial charge in [-0.2, -0.15) is 0 Å². The Morgan fingerprint density at radius 2 is 1.57 bits per heavy atom. The highest BCUT2D eigenvalue weighted by Crippen LogP contribution is 2.46. The molecule has 4 heteroatoms. The van der Waals surface area contributed by atoms with Crippen molar-refractivity contribution in [1.82, 2.24) is 9.80 Å². The second-order valence-electron chi connectivity index (χ2n) is 10.6. The van der Waals surface area contributed by atoms with Crippen molar-refractivity contribution in [2.75, 3.05) is 26.2 Å². The molecule has 0 radical (unpaired) electrons. The molecule has 3 heterocycles. The lowest BCUT2D eigenvalue weighted by Crippen LogP contribution is -2.53. The number of halogens is 1. The van der Waals surface area contributed by atoms with Gasteiger partial charge in [0, 0.05) is 25.2 Å². The molecule has 1 aromatic rings. The van der Waals surface area contributed by atoms with E-state index in [-0.39, 0.29) is 11.2 Å². The summed E-state index contributed by atoms with van der Waals surface area (Å²) in [6.07, 6.45) is 6.54. The lowest BCUT2D eigenvalue weighted by molar-refractivity contribution is -0.0674. The molecule has 3 fully saturated rings. The van der Waals surface area contributed by atoms with Gasteiger partial charge in [0.1, 0.15) is 5.82 Å². The van der Waals surface area contributed by atoms with Gasteiger partial charge in [0.25, 0.3) is 0 Å². The lowest BCUT2D eigenvalue weighted by Gasteiger charge is -2.47. The second-order valence-corrected chi connectivity index (χ2v) is 10.6. The molecule has 3 saturated heterocycles. The van der Waals surface area contributed by atoms with E-state index in [1.807, 2.05) is 0 Å². The van der Waals surface area contributed by atoms with Crippen LogP contribution in [0.15, 0.2) is 24.3 Å². The first kappa shape index (κ1) is 20.3. The molecular weight excluding hydrogens is 351 g/mol. The summed E-state index contributed by atoms with van der Waals surface area (Å²) in [6.45, 7) is 11.9. The molecule has 0 aliphatic carbocycles. The van der Waals surface area contributed by atoms with Gasteiger partial charge in [-0.15, -0.1) is 0 Å². The van der Waals surface area contributed by atoms with Gasteiger partial charge < -0.3 is 10.0 Å². The van der Waals surface area contributed by atoms with Crippen LogP contribution < -0.4 is 0 Å². The van der Waals surface area contributed by atoms with Gasteiger partial charge in [-0.25, -0.2) is 4.39 Å². The van der Waals surface area contributed by atoms with Crippen LogP contribution in [-0.2, 0) is 5.60 Å². The van der Waals surface area contributed by atoms with Crippen molar-refractivity contribution < 1.29 is 9.50 Å². The predicted molar refractivity (Wildman–Crippen MR) is 112 cm³/mol. The van der Waals surface area contributed by atoms with E-state index in [4.69, 9.17) is 0 Å². The van der Waals surface area contributed by atoms with Crippen LogP contribution in [0.1, 0.15) is 64.9 Å². The molecular formula is C24H37FN2O. The first-order valence-electron chi connectivity index (χ1n) is 11.2. The van der Waals surface area contributed by atoms with E-state index >= 15 is 0 Å². The monoisotopic (exact) mass is 388 g/mol. The van der Waals surface area contributed by atoms with Crippen molar-refractivity contribution in [3.8, 4) is 0 Å². The minimum absolute atomic E-state index is 0.235. The fourth-order valence-corrected chi connectivity index (χ4v) is 5.94. The van der Waals surface area contributed by atoms with Crippen molar-refractivity contribution in [2.24, 2.45) is 11.3 Å². The van der Waals surface area contributed by atoms with Gasteiger partial charge in [0.2, 0.25) is 0 Å². The van der Waals surface area contributed by atoms with Gasteiger partial charge in [0.15, 0.2) is 0 Å². The zero-order chi connectivity index (χ0) is 19.9. The van der Waals surface area contributed by atoms with Gasteiger partial charge in [0.05, 0.1) is 5.60 Å². The normalized spacial score (nSPS) is 32.8. The first-order valence-corrected chi connectivity index (χ1v) is 11.2. The van der Waals surface area contributed by atoms with Gasteiger partial charge >= 0.3 is 0 Å². The summed E-state index contributed by atoms with van der Waals surface area (Å²) in [5, 5.41) is 11.4. The van der Waals surface area contributed by atoms with E-state index < -0.39 is 5.60 Å². The molecule has 0 aromatic heterocycles. The maximum Gasteiger partial charge on any atom is 0.123 e. The van der Waals surface area contributed by atoms with E-state index in [1.54, 1.807) is 12.1 Å². The Morgan fingerprint density at radius 3 is 2.14 bits per heavy atom. The van der Waals surface area contributed by atoms with Crippen molar-refractivity contribution in [3.05, 3.63) is 35.6 Å². The molecule has 4 rings (SSSR count). The zero-order valence-corrected chi connectivity index (χ0v) is 17.8. The largest absolute Gasteiger partial charge is 0.385 e. The fourth-order valence-electron chi connectivity index (χ4n) is 5.94. The van der Waals surface area contributed by atoms with Crippen molar-refractivity contribution in [3.63, 3.8) is 0 Å². The third kappa shape index (κ3) is 4.29. The molecule has 0 spiro atoms. The summed E-state index contributed by atoms with van der Waals surface area (Å²) >= 11 is 0. The standard InChI is InChI=1S/C24H37FN2O/c1-18-10-12-26(13-11-18)16-23(2,3)17-27-21-8-9-22(27)15-24(28,14-21)19-4-6-20(25)7-5-19/h4-7,18,21-22,28H,8-17H2,1-3H3/t21-,22+,24?. The number of rotatable bonds is 5. The van der Waals surface area contributed by atoms with Crippen LogP contribution in [0, 0.1) is 17.2 Å². The molecule has 1 N–H and O–H groups in total. The third-order valence-corrected chi connectivity index (χ3v) is 7.44. The van der Waals surface area contributed by atoms with Gasteiger partial charge in [-0.05, 0) is 80.6 Å². The minimum atomic E-state index is -0.802. The number of fused-ring (bicyclic) bond motifs is 2. The molecule has 0 amide bonds. The van der Waals surface area contributed by atoms with E-state index in [1.165, 1.54) is 50.9 Å². The summed E-state index contributed by atoms with van der Waals surface area (Å²) in [7, 11) is 0.